The summed E-state index contributed by atoms with van der Waals surface area (Å²) in [5.41, 5.74) is -0.228. The van der Waals surface area contributed by atoms with Crippen LogP contribution in [0.25, 0.3) is 22.3 Å². The molecule has 0 radical (unpaired) electrons. The third-order valence-corrected chi connectivity index (χ3v) is 6.39. The molecule has 1 aliphatic heterocycles. The number of phenolic OH excluding ortho intramolecular Hbond substituents is 3. The van der Waals surface area contributed by atoms with Crippen molar-refractivity contribution in [3.05, 3.63) is 57.7 Å². The van der Waals surface area contributed by atoms with E-state index in [1.54, 1.807) is 12.1 Å². The molecule has 0 saturated carbocycles. The Morgan fingerprint density at radius 3 is 2.13 bits per heavy atom. The summed E-state index contributed by atoms with van der Waals surface area (Å²) in [6.07, 6.45) is -0.161. The van der Waals surface area contributed by atoms with Gasteiger partial charge in [-0.3, -0.25) is 9.59 Å². The van der Waals surface area contributed by atoms with Crippen molar-refractivity contribution >= 4 is 16.9 Å². The van der Waals surface area contributed by atoms with Crippen LogP contribution in [0.1, 0.15) is 23.5 Å². The molecule has 4 aromatic rings. The normalized spacial score (nSPS) is 14.6. The molecule has 2 heterocycles. The van der Waals surface area contributed by atoms with Crippen LogP contribution in [0.2, 0.25) is 0 Å². The van der Waals surface area contributed by atoms with Crippen LogP contribution in [0.15, 0.2) is 45.6 Å². The summed E-state index contributed by atoms with van der Waals surface area (Å²) in [7, 11) is 4.34. The first kappa shape index (κ1) is 24.6. The zero-order chi connectivity index (χ0) is 27.3. The number of hydrogen-bond acceptors (Lipinski definition) is 11. The average Bonchev–Trinajstić information content (AvgIpc) is 2.90. The van der Waals surface area contributed by atoms with E-state index < -0.39 is 40.3 Å². The standard InChI is InChI=1S/C27H22O11/c1-34-18-7-12(8-19(35-2)26(18)36-3)13-9-20(31)37-17-10-16(30)22-23(32)24(33)25(38-27(22)21(13)17)11-4-5-14(28)15(29)6-11/h4-8,10,13,28-30,33H,9H2,1-3H3/t13-/m1/s1. The molecular formula is C27H22O11. The van der Waals surface area contributed by atoms with E-state index in [9.17, 15) is 30.0 Å². The number of ether oxygens (including phenoxy) is 4. The number of carbonyl (C=O) groups excluding carboxylic acids is 1. The maximum absolute atomic E-state index is 13.2. The molecule has 5 rings (SSSR count). The fourth-order valence-electron chi connectivity index (χ4n) is 4.63. The Bertz CT molecular complexity index is 1640. The van der Waals surface area contributed by atoms with Crippen LogP contribution in [0, 0.1) is 0 Å². The van der Waals surface area contributed by atoms with E-state index in [2.05, 4.69) is 0 Å². The Morgan fingerprint density at radius 2 is 1.53 bits per heavy atom. The fourth-order valence-corrected chi connectivity index (χ4v) is 4.63. The van der Waals surface area contributed by atoms with E-state index in [4.69, 9.17) is 23.4 Å². The summed E-state index contributed by atoms with van der Waals surface area (Å²) >= 11 is 0. The molecule has 4 N–H and O–H groups in total. The fraction of sp³-hybridized carbons (Fsp3) is 0.185. The molecule has 11 heteroatoms. The molecule has 0 amide bonds. The minimum Gasteiger partial charge on any atom is -0.507 e. The Balaban J connectivity index is 1.84. The minimum atomic E-state index is -0.949. The van der Waals surface area contributed by atoms with Gasteiger partial charge >= 0.3 is 5.97 Å². The lowest BCUT2D eigenvalue weighted by Crippen LogP contribution is -2.22. The van der Waals surface area contributed by atoms with Crippen LogP contribution in [0.5, 0.6) is 46.0 Å². The molecule has 0 saturated heterocycles. The Labute approximate surface area is 214 Å². The number of aromatic hydroxyl groups is 4. The van der Waals surface area contributed by atoms with Crippen molar-refractivity contribution < 1.29 is 48.6 Å². The van der Waals surface area contributed by atoms with Crippen molar-refractivity contribution in [2.75, 3.05) is 21.3 Å². The Hall–Kier alpha value is -5.06. The highest BCUT2D eigenvalue weighted by atomic mass is 16.5. The molecule has 1 aromatic heterocycles. The summed E-state index contributed by atoms with van der Waals surface area (Å²) < 4.78 is 27.7. The zero-order valence-electron chi connectivity index (χ0n) is 20.4. The number of benzene rings is 3. The molecule has 38 heavy (non-hydrogen) atoms. The summed E-state index contributed by atoms with van der Waals surface area (Å²) in [6.45, 7) is 0. The maximum Gasteiger partial charge on any atom is 0.312 e. The molecule has 11 nitrogen and oxygen atoms in total. The second-order valence-electron chi connectivity index (χ2n) is 8.51. The van der Waals surface area contributed by atoms with Gasteiger partial charge in [0.25, 0.3) is 0 Å². The summed E-state index contributed by atoms with van der Waals surface area (Å²) in [6, 6.07) is 7.99. The third-order valence-electron chi connectivity index (χ3n) is 6.39. The number of phenols is 3. The van der Waals surface area contributed by atoms with Crippen LogP contribution < -0.4 is 24.4 Å². The SMILES string of the molecule is COc1cc([C@H]2CC(=O)Oc3cc(O)c4c(=O)c(O)c(-c5ccc(O)c(O)c5)oc4c32)cc(OC)c1OC. The van der Waals surface area contributed by atoms with E-state index in [-0.39, 0.29) is 40.0 Å². The molecule has 0 fully saturated rings. The van der Waals surface area contributed by atoms with E-state index in [1.165, 1.54) is 27.4 Å². The minimum absolute atomic E-state index is 0.0432. The first-order chi connectivity index (χ1) is 18.2. The molecule has 0 unspecified atom stereocenters. The predicted octanol–water partition coefficient (Wildman–Crippen LogP) is 3.75. The van der Waals surface area contributed by atoms with Gasteiger partial charge in [0.1, 0.15) is 22.5 Å². The second kappa shape index (κ2) is 9.11. The van der Waals surface area contributed by atoms with E-state index >= 15 is 0 Å². The summed E-state index contributed by atoms with van der Waals surface area (Å²) in [5.74, 6) is -3.06. The van der Waals surface area contributed by atoms with Crippen molar-refractivity contribution in [3.63, 3.8) is 0 Å². The van der Waals surface area contributed by atoms with Gasteiger partial charge in [-0.25, -0.2) is 0 Å². The van der Waals surface area contributed by atoms with Gasteiger partial charge in [0.05, 0.1) is 27.8 Å². The lowest BCUT2D eigenvalue weighted by atomic mass is 9.84. The predicted molar refractivity (Wildman–Crippen MR) is 133 cm³/mol. The number of carbonyl (C=O) groups is 1. The third kappa shape index (κ3) is 3.76. The number of hydrogen-bond donors (Lipinski definition) is 4. The maximum atomic E-state index is 13.2. The molecule has 1 atom stereocenters. The first-order valence-corrected chi connectivity index (χ1v) is 11.3. The Kier molecular flexibility index (Phi) is 5.90. The molecule has 3 aromatic carbocycles. The monoisotopic (exact) mass is 522 g/mol. The summed E-state index contributed by atoms with van der Waals surface area (Å²) in [4.78, 5) is 25.8. The van der Waals surface area contributed by atoms with Gasteiger partial charge in [-0.1, -0.05) is 0 Å². The lowest BCUT2D eigenvalue weighted by molar-refractivity contribution is -0.135. The van der Waals surface area contributed by atoms with Gasteiger partial charge in [-0.2, -0.15) is 0 Å². The van der Waals surface area contributed by atoms with Gasteiger partial charge in [-0.05, 0) is 35.9 Å². The van der Waals surface area contributed by atoms with Crippen molar-refractivity contribution in [1.29, 1.82) is 0 Å². The van der Waals surface area contributed by atoms with E-state index in [0.29, 0.717) is 22.8 Å². The number of rotatable bonds is 5. The van der Waals surface area contributed by atoms with E-state index in [1.807, 2.05) is 0 Å². The molecule has 1 aliphatic rings. The topological polar surface area (TPSA) is 165 Å². The highest BCUT2D eigenvalue weighted by Crippen LogP contribution is 2.49. The molecule has 0 aliphatic carbocycles. The zero-order valence-corrected chi connectivity index (χ0v) is 20.4. The number of esters is 1. The smallest absolute Gasteiger partial charge is 0.312 e. The van der Waals surface area contributed by atoms with Crippen molar-refractivity contribution in [3.8, 4) is 57.3 Å². The van der Waals surface area contributed by atoms with E-state index in [0.717, 1.165) is 18.2 Å². The highest BCUT2D eigenvalue weighted by molar-refractivity contribution is 5.94. The van der Waals surface area contributed by atoms with Crippen molar-refractivity contribution in [2.45, 2.75) is 12.3 Å². The number of fused-ring (bicyclic) bond motifs is 3. The average molecular weight is 522 g/mol. The Morgan fingerprint density at radius 1 is 0.842 bits per heavy atom. The first-order valence-electron chi connectivity index (χ1n) is 11.3. The number of methoxy groups -OCH3 is 3. The molecule has 0 bridgehead atoms. The molecule has 0 spiro atoms. The largest absolute Gasteiger partial charge is 0.507 e. The van der Waals surface area contributed by atoms with Crippen LogP contribution in [0.3, 0.4) is 0 Å². The van der Waals surface area contributed by atoms with Gasteiger partial charge < -0.3 is 43.8 Å². The van der Waals surface area contributed by atoms with Crippen LogP contribution in [0.4, 0.5) is 0 Å². The van der Waals surface area contributed by atoms with Crippen LogP contribution >= 0.6 is 0 Å². The molecular weight excluding hydrogens is 500 g/mol. The van der Waals surface area contributed by atoms with Gasteiger partial charge in [0.15, 0.2) is 28.8 Å². The van der Waals surface area contributed by atoms with Crippen molar-refractivity contribution in [2.24, 2.45) is 0 Å². The summed E-state index contributed by atoms with van der Waals surface area (Å²) in [5, 5.41) is 40.6. The van der Waals surface area contributed by atoms with Crippen molar-refractivity contribution in [1.82, 2.24) is 0 Å². The molecule has 196 valence electrons. The van der Waals surface area contributed by atoms with Gasteiger partial charge in [0, 0.05) is 23.1 Å². The highest BCUT2D eigenvalue weighted by Gasteiger charge is 2.35. The van der Waals surface area contributed by atoms with Crippen LogP contribution in [-0.4, -0.2) is 47.7 Å². The second-order valence-corrected chi connectivity index (χ2v) is 8.51. The van der Waals surface area contributed by atoms with Gasteiger partial charge in [0.2, 0.25) is 16.9 Å². The lowest BCUT2D eigenvalue weighted by Gasteiger charge is -2.27. The van der Waals surface area contributed by atoms with Crippen LogP contribution in [-0.2, 0) is 4.79 Å². The van der Waals surface area contributed by atoms with Gasteiger partial charge in [-0.15, -0.1) is 0 Å². The quantitative estimate of drug-likeness (QED) is 0.171.